The molecule has 1 fully saturated rings. The van der Waals surface area contributed by atoms with Gasteiger partial charge in [0, 0.05) is 13.1 Å². The van der Waals surface area contributed by atoms with Gasteiger partial charge in [0.1, 0.15) is 9.39 Å². The molecule has 0 aromatic carbocycles. The summed E-state index contributed by atoms with van der Waals surface area (Å²) in [6.07, 6.45) is 2.10. The van der Waals surface area contributed by atoms with Gasteiger partial charge in [-0.05, 0) is 35.9 Å². The van der Waals surface area contributed by atoms with Gasteiger partial charge in [-0.2, -0.15) is 0 Å². The number of aromatic nitrogens is 2. The zero-order valence-corrected chi connectivity index (χ0v) is 10.5. The summed E-state index contributed by atoms with van der Waals surface area (Å²) < 4.78 is 0.577. The molecule has 1 aromatic heterocycles. The van der Waals surface area contributed by atoms with E-state index in [9.17, 15) is 9.90 Å². The van der Waals surface area contributed by atoms with Crippen molar-refractivity contribution < 1.29 is 5.11 Å². The molecular weight excluding hydrogens is 309 g/mol. The molecule has 0 aliphatic carbocycles. The highest BCUT2D eigenvalue weighted by Crippen LogP contribution is 2.26. The number of aliphatic hydroxyl groups is 1. The minimum atomic E-state index is -0.673. The molecule has 82 valence electrons. The fourth-order valence-electron chi connectivity index (χ4n) is 1.72. The largest absolute Gasteiger partial charge is 0.388 e. The molecule has 1 aliphatic heterocycles. The van der Waals surface area contributed by atoms with Crippen LogP contribution in [0.3, 0.4) is 0 Å². The van der Waals surface area contributed by atoms with Gasteiger partial charge in [0.05, 0.1) is 11.9 Å². The first-order valence-electron chi connectivity index (χ1n) is 4.70. The van der Waals surface area contributed by atoms with Crippen LogP contribution in [0.2, 0.25) is 0 Å². The Morgan fingerprint density at radius 2 is 2.47 bits per heavy atom. The standard InChI is InChI=1S/C9H12IN3O2/c1-9(15)2-3-13(4-9)7-6(10)8(14)12-5-11-7/h5,15H,2-4H2,1H3,(H,11,12,14). The van der Waals surface area contributed by atoms with Crippen molar-refractivity contribution >= 4 is 28.4 Å². The van der Waals surface area contributed by atoms with Crippen LogP contribution in [0.4, 0.5) is 5.82 Å². The lowest BCUT2D eigenvalue weighted by atomic mass is 10.1. The van der Waals surface area contributed by atoms with E-state index < -0.39 is 5.60 Å². The SMILES string of the molecule is CC1(O)CCN(c2nc[nH]c(=O)c2I)C1. The quantitative estimate of drug-likeness (QED) is 0.732. The van der Waals surface area contributed by atoms with E-state index in [-0.39, 0.29) is 5.56 Å². The second-order valence-corrected chi connectivity index (χ2v) is 5.12. The number of rotatable bonds is 1. The highest BCUT2D eigenvalue weighted by molar-refractivity contribution is 14.1. The minimum Gasteiger partial charge on any atom is -0.388 e. The molecule has 0 spiro atoms. The molecule has 15 heavy (non-hydrogen) atoms. The Bertz CT molecular complexity index is 430. The summed E-state index contributed by atoms with van der Waals surface area (Å²) >= 11 is 1.98. The first kappa shape index (κ1) is 10.9. The molecule has 2 N–H and O–H groups in total. The molecule has 0 saturated carbocycles. The third kappa shape index (κ3) is 2.15. The summed E-state index contributed by atoms with van der Waals surface area (Å²) in [4.78, 5) is 20.0. The van der Waals surface area contributed by atoms with E-state index >= 15 is 0 Å². The lowest BCUT2D eigenvalue weighted by Gasteiger charge is -2.20. The number of halogens is 1. The Kier molecular flexibility index (Phi) is 2.72. The average molecular weight is 321 g/mol. The normalized spacial score (nSPS) is 25.9. The van der Waals surface area contributed by atoms with Crippen molar-refractivity contribution in [2.75, 3.05) is 18.0 Å². The molecular formula is C9H12IN3O2. The van der Waals surface area contributed by atoms with Gasteiger partial charge in [0.2, 0.25) is 0 Å². The number of hydrogen-bond acceptors (Lipinski definition) is 4. The third-order valence-corrected chi connectivity index (χ3v) is 3.50. The lowest BCUT2D eigenvalue weighted by Crippen LogP contribution is -2.31. The lowest BCUT2D eigenvalue weighted by molar-refractivity contribution is 0.0839. The summed E-state index contributed by atoms with van der Waals surface area (Å²) in [5.74, 6) is 0.664. The summed E-state index contributed by atoms with van der Waals surface area (Å²) in [7, 11) is 0. The molecule has 1 unspecified atom stereocenters. The van der Waals surface area contributed by atoms with Crippen molar-refractivity contribution in [2.45, 2.75) is 18.9 Å². The number of hydrogen-bond donors (Lipinski definition) is 2. The number of anilines is 1. The molecule has 1 atom stereocenters. The van der Waals surface area contributed by atoms with Gasteiger partial charge in [-0.3, -0.25) is 4.79 Å². The van der Waals surface area contributed by atoms with Crippen LogP contribution >= 0.6 is 22.6 Å². The first-order chi connectivity index (χ1) is 6.99. The van der Waals surface area contributed by atoms with Crippen LogP contribution in [0.5, 0.6) is 0 Å². The molecule has 5 nitrogen and oxygen atoms in total. The molecule has 1 aliphatic rings. The fraction of sp³-hybridized carbons (Fsp3) is 0.556. The highest BCUT2D eigenvalue weighted by atomic mass is 127. The molecule has 0 amide bonds. The van der Waals surface area contributed by atoms with Crippen LogP contribution in [-0.4, -0.2) is 33.8 Å². The summed E-state index contributed by atoms with van der Waals surface area (Å²) in [5, 5.41) is 9.83. The zero-order valence-electron chi connectivity index (χ0n) is 8.33. The molecule has 2 heterocycles. The maximum absolute atomic E-state index is 11.4. The predicted octanol–water partition coefficient (Wildman–Crippen LogP) is 0.336. The Hall–Kier alpha value is -0.630. The number of nitrogens with one attached hydrogen (secondary N) is 1. The number of β-amino-alcohol motifs (C(OH)–C–C–N with tert-alkyl or cyclic N) is 1. The van der Waals surface area contributed by atoms with Gasteiger partial charge >= 0.3 is 0 Å². The van der Waals surface area contributed by atoms with E-state index in [2.05, 4.69) is 9.97 Å². The van der Waals surface area contributed by atoms with Gasteiger partial charge in [-0.15, -0.1) is 0 Å². The van der Waals surface area contributed by atoms with E-state index in [4.69, 9.17) is 0 Å². The van der Waals surface area contributed by atoms with Crippen LogP contribution in [0, 0.1) is 3.57 Å². The monoisotopic (exact) mass is 321 g/mol. The van der Waals surface area contributed by atoms with Crippen molar-refractivity contribution in [3.63, 3.8) is 0 Å². The van der Waals surface area contributed by atoms with Gasteiger partial charge in [-0.25, -0.2) is 4.98 Å². The van der Waals surface area contributed by atoms with E-state index in [0.29, 0.717) is 22.4 Å². The van der Waals surface area contributed by atoms with Crippen molar-refractivity contribution in [1.82, 2.24) is 9.97 Å². The molecule has 1 aromatic rings. The van der Waals surface area contributed by atoms with Gasteiger partial charge in [0.25, 0.3) is 5.56 Å². The Labute approximate surface area is 101 Å². The second kappa shape index (κ2) is 3.75. The number of nitrogens with zero attached hydrogens (tertiary/aromatic N) is 2. The first-order valence-corrected chi connectivity index (χ1v) is 5.78. The van der Waals surface area contributed by atoms with Crippen LogP contribution in [-0.2, 0) is 0 Å². The van der Waals surface area contributed by atoms with Crippen molar-refractivity contribution in [3.8, 4) is 0 Å². The maximum atomic E-state index is 11.4. The topological polar surface area (TPSA) is 69.2 Å². The number of aromatic amines is 1. The maximum Gasteiger partial charge on any atom is 0.266 e. The van der Waals surface area contributed by atoms with Crippen LogP contribution in [0.1, 0.15) is 13.3 Å². The average Bonchev–Trinajstić information content (AvgIpc) is 2.51. The van der Waals surface area contributed by atoms with Crippen LogP contribution < -0.4 is 10.5 Å². The second-order valence-electron chi connectivity index (χ2n) is 4.04. The van der Waals surface area contributed by atoms with E-state index in [1.807, 2.05) is 27.5 Å². The fourth-order valence-corrected chi connectivity index (χ4v) is 2.36. The van der Waals surface area contributed by atoms with E-state index in [1.165, 1.54) is 6.33 Å². The Morgan fingerprint density at radius 1 is 1.73 bits per heavy atom. The molecule has 6 heteroatoms. The Balaban J connectivity index is 2.32. The van der Waals surface area contributed by atoms with E-state index in [1.54, 1.807) is 6.92 Å². The number of H-pyrrole nitrogens is 1. The highest BCUT2D eigenvalue weighted by Gasteiger charge is 2.33. The van der Waals surface area contributed by atoms with Gasteiger partial charge in [-0.1, -0.05) is 0 Å². The van der Waals surface area contributed by atoms with Gasteiger partial charge in [0.15, 0.2) is 0 Å². The smallest absolute Gasteiger partial charge is 0.266 e. The zero-order chi connectivity index (χ0) is 11.1. The van der Waals surface area contributed by atoms with Gasteiger partial charge < -0.3 is 15.0 Å². The molecule has 2 rings (SSSR count). The van der Waals surface area contributed by atoms with Crippen molar-refractivity contribution in [1.29, 1.82) is 0 Å². The minimum absolute atomic E-state index is 0.132. The van der Waals surface area contributed by atoms with Crippen molar-refractivity contribution in [3.05, 3.63) is 20.3 Å². The third-order valence-electron chi connectivity index (χ3n) is 2.53. The molecule has 1 saturated heterocycles. The molecule has 0 bridgehead atoms. The Morgan fingerprint density at radius 3 is 3.07 bits per heavy atom. The predicted molar refractivity (Wildman–Crippen MR) is 65.0 cm³/mol. The van der Waals surface area contributed by atoms with Crippen LogP contribution in [0.15, 0.2) is 11.1 Å². The summed E-state index contributed by atoms with van der Waals surface area (Å²) in [5.41, 5.74) is -0.806. The van der Waals surface area contributed by atoms with E-state index in [0.717, 1.165) is 6.54 Å². The van der Waals surface area contributed by atoms with Crippen molar-refractivity contribution in [2.24, 2.45) is 0 Å². The van der Waals surface area contributed by atoms with Crippen LogP contribution in [0.25, 0.3) is 0 Å². The molecule has 0 radical (unpaired) electrons. The summed E-state index contributed by atoms with van der Waals surface area (Å²) in [6, 6.07) is 0. The summed E-state index contributed by atoms with van der Waals surface area (Å²) in [6.45, 7) is 3.06.